The Balaban J connectivity index is 0.00000274. The van der Waals surface area contributed by atoms with Crippen LogP contribution in [0.1, 0.15) is 12.0 Å². The van der Waals surface area contributed by atoms with Gasteiger partial charge in [0, 0.05) is 25.1 Å². The van der Waals surface area contributed by atoms with Crippen molar-refractivity contribution >= 4 is 29.1 Å². The summed E-state index contributed by atoms with van der Waals surface area (Å²) in [7, 11) is -2.30. The van der Waals surface area contributed by atoms with Crippen molar-refractivity contribution in [3.63, 3.8) is 0 Å². The van der Waals surface area contributed by atoms with Crippen molar-refractivity contribution in [2.45, 2.75) is 18.6 Å². The number of amides is 1. The minimum Gasteiger partial charge on any atom is -1.00 e. The summed E-state index contributed by atoms with van der Waals surface area (Å²) in [6.07, 6.45) is 0.750. The van der Waals surface area contributed by atoms with Crippen LogP contribution in [0.3, 0.4) is 0 Å². The van der Waals surface area contributed by atoms with Gasteiger partial charge < -0.3 is 21.9 Å². The first kappa shape index (κ1) is 24.3. The molecule has 0 bridgehead atoms. The second kappa shape index (κ2) is 10.6. The highest BCUT2D eigenvalue weighted by atomic mass is 79.9. The third kappa shape index (κ3) is 4.33. The van der Waals surface area contributed by atoms with Crippen LogP contribution in [0, 0.1) is 5.82 Å². The van der Waals surface area contributed by atoms with Crippen LogP contribution in [-0.2, 0) is 11.3 Å². The fraction of sp³-hybridized carbons (Fsp3) is 0.138. The maximum Gasteiger partial charge on any atom is 0.264 e. The Kier molecular flexibility index (Phi) is 7.60. The molecular weight excluding hydrogens is 508 g/mol. The van der Waals surface area contributed by atoms with Gasteiger partial charge in [-0.15, -0.1) is 0 Å². The first-order valence-electron chi connectivity index (χ1n) is 11.3. The molecule has 5 rings (SSSR count). The van der Waals surface area contributed by atoms with Gasteiger partial charge in [-0.1, -0.05) is 72.8 Å². The smallest absolute Gasteiger partial charge is 0.264 e. The van der Waals surface area contributed by atoms with Gasteiger partial charge in [-0.25, -0.2) is 4.39 Å². The lowest BCUT2D eigenvalue weighted by Crippen LogP contribution is -3.00. The monoisotopic (exact) mass is 533 g/mol. The first-order chi connectivity index (χ1) is 16.2. The summed E-state index contributed by atoms with van der Waals surface area (Å²) < 4.78 is 14.4. The molecule has 4 aromatic carbocycles. The third-order valence-electron chi connectivity index (χ3n) is 6.55. The summed E-state index contributed by atoms with van der Waals surface area (Å²) >= 11 is 0. The van der Waals surface area contributed by atoms with E-state index in [4.69, 9.17) is 0 Å². The Morgan fingerprint density at radius 2 is 1.15 bits per heavy atom. The van der Waals surface area contributed by atoms with Crippen LogP contribution in [0.5, 0.6) is 0 Å². The predicted molar refractivity (Wildman–Crippen MR) is 135 cm³/mol. The maximum atomic E-state index is 14.4. The Bertz CT molecular complexity index is 1140. The van der Waals surface area contributed by atoms with Crippen LogP contribution >= 0.6 is 7.26 Å². The lowest BCUT2D eigenvalue weighted by molar-refractivity contribution is -0.127. The van der Waals surface area contributed by atoms with E-state index in [9.17, 15) is 9.18 Å². The third-order valence-corrected chi connectivity index (χ3v) is 11.3. The zero-order valence-corrected chi connectivity index (χ0v) is 21.2. The Morgan fingerprint density at radius 3 is 1.62 bits per heavy atom. The largest absolute Gasteiger partial charge is 1.00 e. The number of benzene rings is 4. The second-order valence-electron chi connectivity index (χ2n) is 8.39. The summed E-state index contributed by atoms with van der Waals surface area (Å²) in [5.41, 5.74) is 0.381. The topological polar surface area (TPSA) is 20.3 Å². The second-order valence-corrected chi connectivity index (χ2v) is 12.0. The molecule has 172 valence electrons. The summed E-state index contributed by atoms with van der Waals surface area (Å²) in [4.78, 5) is 15.9. The molecule has 0 N–H and O–H groups in total. The molecule has 1 saturated heterocycles. The molecule has 1 fully saturated rings. The van der Waals surface area contributed by atoms with Crippen LogP contribution in [0.15, 0.2) is 115 Å². The van der Waals surface area contributed by atoms with Crippen molar-refractivity contribution in [2.75, 3.05) is 6.54 Å². The van der Waals surface area contributed by atoms with E-state index in [0.717, 1.165) is 6.42 Å². The molecule has 1 unspecified atom stereocenters. The molecule has 34 heavy (non-hydrogen) atoms. The van der Waals surface area contributed by atoms with Crippen LogP contribution in [0.25, 0.3) is 0 Å². The van der Waals surface area contributed by atoms with Crippen molar-refractivity contribution < 1.29 is 26.2 Å². The number of halogens is 2. The lowest BCUT2D eigenvalue weighted by atomic mass is 10.2. The van der Waals surface area contributed by atoms with E-state index in [1.54, 1.807) is 12.1 Å². The summed E-state index contributed by atoms with van der Waals surface area (Å²) in [6.45, 7) is 0.937. The van der Waals surface area contributed by atoms with Crippen LogP contribution < -0.4 is 32.9 Å². The zero-order valence-electron chi connectivity index (χ0n) is 18.7. The van der Waals surface area contributed by atoms with Crippen molar-refractivity contribution in [2.24, 2.45) is 0 Å². The number of nitrogens with zero attached hydrogens (tertiary/aromatic N) is 1. The van der Waals surface area contributed by atoms with E-state index in [2.05, 4.69) is 72.8 Å². The van der Waals surface area contributed by atoms with Crippen molar-refractivity contribution in [1.29, 1.82) is 0 Å². The molecule has 0 aliphatic carbocycles. The molecule has 0 radical (unpaired) electrons. The summed E-state index contributed by atoms with van der Waals surface area (Å²) in [5, 5.41) is 3.61. The van der Waals surface area contributed by atoms with Gasteiger partial charge in [0.05, 0.1) is 0 Å². The molecule has 0 aromatic heterocycles. The molecule has 1 atom stereocenters. The van der Waals surface area contributed by atoms with Crippen LogP contribution in [0.2, 0.25) is 0 Å². The quantitative estimate of drug-likeness (QED) is 0.347. The van der Waals surface area contributed by atoms with Gasteiger partial charge in [0.1, 0.15) is 29.0 Å². The highest BCUT2D eigenvalue weighted by Gasteiger charge is 2.58. The predicted octanol–water partition coefficient (Wildman–Crippen LogP) is 1.92. The van der Waals surface area contributed by atoms with Crippen LogP contribution in [-0.4, -0.2) is 23.0 Å². The van der Waals surface area contributed by atoms with E-state index in [0.29, 0.717) is 18.7 Å². The molecular formula is C29H26BrFNOP. The highest BCUT2D eigenvalue weighted by Crippen LogP contribution is 2.62. The van der Waals surface area contributed by atoms with E-state index in [1.807, 2.05) is 29.2 Å². The molecule has 1 aliphatic rings. The molecule has 5 heteroatoms. The highest BCUT2D eigenvalue weighted by molar-refractivity contribution is 7.96. The van der Waals surface area contributed by atoms with Gasteiger partial charge in [0.15, 0.2) is 5.66 Å². The normalized spacial score (nSPS) is 15.7. The lowest BCUT2D eigenvalue weighted by Gasteiger charge is -2.32. The minimum absolute atomic E-state index is 0. The standard InChI is InChI=1S/C29H26FNOP.BrH/c30-27-19-11-10-12-23(27)22-31-21-20-28(29(31)32)33(24-13-4-1-5-14-24,25-15-6-2-7-16-25)26-17-8-3-9-18-26;/h1-19,28H,20-22H2;1H/q+1;/p-1. The van der Waals surface area contributed by atoms with E-state index >= 15 is 0 Å². The Morgan fingerprint density at radius 1 is 0.706 bits per heavy atom. The number of carbonyl (C=O) groups excluding carboxylic acids is 1. The molecule has 2 nitrogen and oxygen atoms in total. The number of hydrogen-bond donors (Lipinski definition) is 0. The van der Waals surface area contributed by atoms with E-state index in [1.165, 1.54) is 22.0 Å². The van der Waals surface area contributed by atoms with Gasteiger partial charge in [-0.3, -0.25) is 4.79 Å². The van der Waals surface area contributed by atoms with Crippen LogP contribution in [0.4, 0.5) is 4.39 Å². The fourth-order valence-electron chi connectivity index (χ4n) is 5.05. The number of rotatable bonds is 6. The zero-order chi connectivity index (χ0) is 22.7. The molecule has 0 spiro atoms. The number of hydrogen-bond acceptors (Lipinski definition) is 1. The molecule has 0 saturated carbocycles. The molecule has 1 amide bonds. The fourth-order valence-corrected chi connectivity index (χ4v) is 9.95. The van der Waals surface area contributed by atoms with Crippen molar-refractivity contribution in [3.8, 4) is 0 Å². The van der Waals surface area contributed by atoms with Crippen molar-refractivity contribution in [1.82, 2.24) is 4.90 Å². The van der Waals surface area contributed by atoms with Gasteiger partial charge in [-0.05, 0) is 42.5 Å². The van der Waals surface area contributed by atoms with Gasteiger partial charge in [0.25, 0.3) is 5.91 Å². The SMILES string of the molecule is O=C1C([P+](c2ccccc2)(c2ccccc2)c2ccccc2)CCN1Cc1ccccc1F.[Br-]. The van der Waals surface area contributed by atoms with Gasteiger partial charge in [-0.2, -0.15) is 0 Å². The van der Waals surface area contributed by atoms with Crippen molar-refractivity contribution in [3.05, 3.63) is 127 Å². The molecule has 4 aromatic rings. The Labute approximate surface area is 211 Å². The van der Waals surface area contributed by atoms with E-state index < -0.39 is 7.26 Å². The van der Waals surface area contributed by atoms with Gasteiger partial charge >= 0.3 is 0 Å². The minimum atomic E-state index is -2.30. The summed E-state index contributed by atoms with van der Waals surface area (Å²) in [6, 6.07) is 38.2. The molecule has 1 aliphatic heterocycles. The average Bonchev–Trinajstić information content (AvgIpc) is 3.23. The molecule has 1 heterocycles. The Hall–Kier alpha value is -2.81. The number of carbonyl (C=O) groups is 1. The van der Waals surface area contributed by atoms with E-state index in [-0.39, 0.29) is 34.4 Å². The average molecular weight is 534 g/mol. The summed E-state index contributed by atoms with van der Waals surface area (Å²) in [5.74, 6) is -0.146. The van der Waals surface area contributed by atoms with Gasteiger partial charge in [0.2, 0.25) is 0 Å². The first-order valence-corrected chi connectivity index (χ1v) is 13.1. The number of likely N-dealkylation sites (tertiary alicyclic amines) is 1. The maximum absolute atomic E-state index is 14.4.